The molecule has 0 bridgehead atoms. The van der Waals surface area contributed by atoms with Crippen molar-refractivity contribution >= 4 is 0 Å². The van der Waals surface area contributed by atoms with Gasteiger partial charge in [0.2, 0.25) is 0 Å². The van der Waals surface area contributed by atoms with Crippen LogP contribution in [0.15, 0.2) is 24.3 Å². The van der Waals surface area contributed by atoms with Gasteiger partial charge in [-0.3, -0.25) is 0 Å². The molecule has 0 heterocycles. The molecule has 1 aliphatic rings. The highest BCUT2D eigenvalue weighted by atomic mass is 16.5. The zero-order chi connectivity index (χ0) is 14.2. The molecule has 2 rings (SSSR count). The molecule has 0 radical (unpaired) electrons. The van der Waals surface area contributed by atoms with E-state index in [-0.39, 0.29) is 12.7 Å². The van der Waals surface area contributed by atoms with Crippen molar-refractivity contribution in [1.82, 2.24) is 5.32 Å². The van der Waals surface area contributed by atoms with E-state index < -0.39 is 0 Å². The molecule has 1 fully saturated rings. The molecule has 20 heavy (non-hydrogen) atoms. The lowest BCUT2D eigenvalue weighted by Crippen LogP contribution is -2.33. The van der Waals surface area contributed by atoms with Crippen molar-refractivity contribution in [2.45, 2.75) is 38.3 Å². The third-order valence-corrected chi connectivity index (χ3v) is 3.81. The molecular formula is C16H22N2O2. The van der Waals surface area contributed by atoms with E-state index >= 15 is 0 Å². The molecule has 2 atom stereocenters. The number of nitrogens with one attached hydrogen (secondary N) is 1. The first-order valence-electron chi connectivity index (χ1n) is 7.27. The van der Waals surface area contributed by atoms with E-state index in [2.05, 4.69) is 5.32 Å². The minimum absolute atomic E-state index is 0.0746. The van der Waals surface area contributed by atoms with Crippen molar-refractivity contribution in [1.29, 1.82) is 5.26 Å². The van der Waals surface area contributed by atoms with Crippen LogP contribution >= 0.6 is 0 Å². The molecule has 0 saturated heterocycles. The quantitative estimate of drug-likeness (QED) is 0.835. The van der Waals surface area contributed by atoms with Crippen LogP contribution in [0, 0.1) is 17.2 Å². The normalized spacial score (nSPS) is 22.2. The Balaban J connectivity index is 1.77. The number of aliphatic hydroxyl groups is 1. The van der Waals surface area contributed by atoms with Gasteiger partial charge in [0, 0.05) is 13.1 Å². The zero-order valence-electron chi connectivity index (χ0n) is 11.7. The molecule has 0 aliphatic heterocycles. The molecule has 1 aromatic carbocycles. The third kappa shape index (κ3) is 4.52. The maximum Gasteiger partial charge on any atom is 0.174 e. The minimum Gasteiger partial charge on any atom is -0.479 e. The van der Waals surface area contributed by atoms with Gasteiger partial charge >= 0.3 is 0 Å². The molecule has 108 valence electrons. The maximum atomic E-state index is 9.92. The monoisotopic (exact) mass is 274 g/mol. The summed E-state index contributed by atoms with van der Waals surface area (Å²) in [6, 6.07) is 9.72. The van der Waals surface area contributed by atoms with Crippen LogP contribution in [-0.2, 0) is 6.54 Å². The van der Waals surface area contributed by atoms with Gasteiger partial charge in [-0.05, 0) is 36.5 Å². The predicted octanol–water partition coefficient (Wildman–Crippen LogP) is 2.23. The minimum atomic E-state index is -0.151. The third-order valence-electron chi connectivity index (χ3n) is 3.81. The number of rotatable bonds is 6. The molecule has 1 saturated carbocycles. The van der Waals surface area contributed by atoms with E-state index in [9.17, 15) is 5.11 Å². The van der Waals surface area contributed by atoms with Gasteiger partial charge in [-0.25, -0.2) is 0 Å². The largest absolute Gasteiger partial charge is 0.479 e. The van der Waals surface area contributed by atoms with E-state index in [0.717, 1.165) is 43.7 Å². The van der Waals surface area contributed by atoms with Crippen molar-refractivity contribution in [3.8, 4) is 11.8 Å². The first-order valence-corrected chi connectivity index (χ1v) is 7.27. The first kappa shape index (κ1) is 14.8. The summed E-state index contributed by atoms with van der Waals surface area (Å²) in [6.07, 6.45) is 4.27. The Morgan fingerprint density at radius 2 is 2.20 bits per heavy atom. The second kappa shape index (κ2) is 7.88. The average molecular weight is 274 g/mol. The van der Waals surface area contributed by atoms with Crippen molar-refractivity contribution in [3.05, 3.63) is 29.8 Å². The number of hydrogen-bond donors (Lipinski definition) is 2. The van der Waals surface area contributed by atoms with E-state index in [1.807, 2.05) is 30.3 Å². The molecule has 4 nitrogen and oxygen atoms in total. The topological polar surface area (TPSA) is 65.3 Å². The summed E-state index contributed by atoms with van der Waals surface area (Å²) in [4.78, 5) is 0. The van der Waals surface area contributed by atoms with Gasteiger partial charge in [0.25, 0.3) is 0 Å². The summed E-state index contributed by atoms with van der Waals surface area (Å²) in [5.74, 6) is 1.10. The highest BCUT2D eigenvalue weighted by Gasteiger charge is 2.22. The van der Waals surface area contributed by atoms with Gasteiger partial charge in [0.05, 0.1) is 6.10 Å². The molecule has 1 aliphatic carbocycles. The molecule has 0 aromatic heterocycles. The van der Waals surface area contributed by atoms with E-state index in [4.69, 9.17) is 10.00 Å². The van der Waals surface area contributed by atoms with Crippen molar-refractivity contribution in [3.63, 3.8) is 0 Å². The summed E-state index contributed by atoms with van der Waals surface area (Å²) < 4.78 is 5.28. The predicted molar refractivity (Wildman–Crippen MR) is 77.2 cm³/mol. The summed E-state index contributed by atoms with van der Waals surface area (Å²) in [5.41, 5.74) is 1.13. The average Bonchev–Trinajstić information content (AvgIpc) is 2.48. The van der Waals surface area contributed by atoms with Crippen molar-refractivity contribution in [2.75, 3.05) is 13.2 Å². The molecule has 2 unspecified atom stereocenters. The summed E-state index contributed by atoms with van der Waals surface area (Å²) in [5, 5.41) is 21.8. The lowest BCUT2D eigenvalue weighted by Gasteiger charge is -2.27. The number of benzene rings is 1. The standard InChI is InChI=1S/C16H22N2O2/c17-8-9-20-15-6-3-4-13(10-15)11-18-12-14-5-1-2-7-16(14)19/h3-4,6,10,14,16,18-19H,1-2,5,7,9,11-12H2. The van der Waals surface area contributed by atoms with Gasteiger partial charge in [0.15, 0.2) is 6.61 Å². The second-order valence-electron chi connectivity index (χ2n) is 5.34. The fraction of sp³-hybridized carbons (Fsp3) is 0.562. The van der Waals surface area contributed by atoms with Crippen LogP contribution in [0.3, 0.4) is 0 Å². The van der Waals surface area contributed by atoms with Gasteiger partial charge in [-0.15, -0.1) is 0 Å². The Hall–Kier alpha value is -1.57. The van der Waals surface area contributed by atoms with Crippen LogP contribution in [-0.4, -0.2) is 24.4 Å². The molecule has 2 N–H and O–H groups in total. The number of aliphatic hydroxyl groups excluding tert-OH is 1. The molecular weight excluding hydrogens is 252 g/mol. The lowest BCUT2D eigenvalue weighted by atomic mass is 9.86. The first-order chi connectivity index (χ1) is 9.79. The van der Waals surface area contributed by atoms with Gasteiger partial charge in [0.1, 0.15) is 11.8 Å². The fourth-order valence-electron chi connectivity index (χ4n) is 2.69. The van der Waals surface area contributed by atoms with Crippen LogP contribution in [0.25, 0.3) is 0 Å². The number of nitrogens with zero attached hydrogens (tertiary/aromatic N) is 1. The lowest BCUT2D eigenvalue weighted by molar-refractivity contribution is 0.0695. The fourth-order valence-corrected chi connectivity index (χ4v) is 2.69. The second-order valence-corrected chi connectivity index (χ2v) is 5.34. The Labute approximate surface area is 120 Å². The highest BCUT2D eigenvalue weighted by Crippen LogP contribution is 2.23. The van der Waals surface area contributed by atoms with E-state index in [0.29, 0.717) is 5.92 Å². The zero-order valence-corrected chi connectivity index (χ0v) is 11.7. The Bertz CT molecular complexity index is 456. The van der Waals surface area contributed by atoms with Crippen LogP contribution in [0.2, 0.25) is 0 Å². The van der Waals surface area contributed by atoms with Crippen LogP contribution in [0.1, 0.15) is 31.2 Å². The molecule has 1 aromatic rings. The number of ether oxygens (including phenoxy) is 1. The Morgan fingerprint density at radius 1 is 1.35 bits per heavy atom. The Morgan fingerprint density at radius 3 is 3.00 bits per heavy atom. The highest BCUT2D eigenvalue weighted by molar-refractivity contribution is 5.28. The SMILES string of the molecule is N#CCOc1cccc(CNCC2CCCCC2O)c1. The number of hydrogen-bond acceptors (Lipinski definition) is 4. The molecule has 4 heteroatoms. The Kier molecular flexibility index (Phi) is 5.85. The van der Waals surface area contributed by atoms with E-state index in [1.54, 1.807) is 0 Å². The summed E-state index contributed by atoms with van der Waals surface area (Å²) >= 11 is 0. The molecule has 0 spiro atoms. The van der Waals surface area contributed by atoms with Crippen LogP contribution < -0.4 is 10.1 Å². The van der Waals surface area contributed by atoms with Gasteiger partial charge in [-0.2, -0.15) is 5.26 Å². The summed E-state index contributed by atoms with van der Waals surface area (Å²) in [7, 11) is 0. The van der Waals surface area contributed by atoms with Crippen molar-refractivity contribution < 1.29 is 9.84 Å². The van der Waals surface area contributed by atoms with Crippen LogP contribution in [0.5, 0.6) is 5.75 Å². The van der Waals surface area contributed by atoms with E-state index in [1.165, 1.54) is 6.42 Å². The van der Waals surface area contributed by atoms with Crippen molar-refractivity contribution in [2.24, 2.45) is 5.92 Å². The maximum absolute atomic E-state index is 9.92. The summed E-state index contributed by atoms with van der Waals surface area (Å²) in [6.45, 7) is 1.68. The van der Waals surface area contributed by atoms with Gasteiger partial charge in [-0.1, -0.05) is 25.0 Å². The molecule has 0 amide bonds. The van der Waals surface area contributed by atoms with Crippen LogP contribution in [0.4, 0.5) is 0 Å². The number of nitriles is 1. The van der Waals surface area contributed by atoms with Gasteiger partial charge < -0.3 is 15.2 Å². The smallest absolute Gasteiger partial charge is 0.174 e.